The van der Waals surface area contributed by atoms with Crippen molar-refractivity contribution >= 4 is 34.7 Å². The van der Waals surface area contributed by atoms with Crippen molar-refractivity contribution in [1.82, 2.24) is 25.2 Å². The van der Waals surface area contributed by atoms with E-state index >= 15 is 0 Å². The highest BCUT2D eigenvalue weighted by Gasteiger charge is 2.15. The molecule has 0 spiro atoms. The van der Waals surface area contributed by atoms with Gasteiger partial charge in [-0.05, 0) is 48.5 Å². The number of thiazole rings is 1. The van der Waals surface area contributed by atoms with Gasteiger partial charge in [0.2, 0.25) is 11.1 Å². The fourth-order valence-electron chi connectivity index (χ4n) is 2.91. The van der Waals surface area contributed by atoms with Crippen LogP contribution >= 0.6 is 23.1 Å². The zero-order chi connectivity index (χ0) is 21.6. The Hall–Kier alpha value is -3.24. The van der Waals surface area contributed by atoms with Crippen molar-refractivity contribution in [3.05, 3.63) is 58.9 Å². The number of nitrogens with zero attached hydrogens (tertiary/aromatic N) is 5. The molecule has 8 nitrogen and oxygen atoms in total. The smallest absolute Gasteiger partial charge is 0.234 e. The summed E-state index contributed by atoms with van der Waals surface area (Å²) in [7, 11) is 0. The average Bonchev–Trinajstić information content (AvgIpc) is 3.42. The second-order valence-corrected chi connectivity index (χ2v) is 8.45. The van der Waals surface area contributed by atoms with Gasteiger partial charge in [-0.1, -0.05) is 36.0 Å². The largest absolute Gasteiger partial charge is 0.492 e. The molecule has 0 fully saturated rings. The Morgan fingerprint density at radius 1 is 1.23 bits per heavy atom. The predicted molar refractivity (Wildman–Crippen MR) is 122 cm³/mol. The maximum Gasteiger partial charge on any atom is 0.234 e. The van der Waals surface area contributed by atoms with E-state index in [1.54, 1.807) is 16.0 Å². The molecule has 0 aliphatic carbocycles. The van der Waals surface area contributed by atoms with E-state index < -0.39 is 0 Å². The molecule has 2 aromatic carbocycles. The number of amides is 1. The normalized spacial score (nSPS) is 10.8. The molecular weight excluding hydrogens is 432 g/mol. The number of nitrogens with one attached hydrogen (secondary N) is 1. The van der Waals surface area contributed by atoms with Crippen LogP contribution in [0.3, 0.4) is 0 Å². The minimum absolute atomic E-state index is 0.149. The monoisotopic (exact) mass is 452 g/mol. The van der Waals surface area contributed by atoms with Crippen molar-refractivity contribution < 1.29 is 9.53 Å². The number of aromatic nitrogens is 5. The molecule has 0 bridgehead atoms. The molecule has 10 heteroatoms. The first-order valence-electron chi connectivity index (χ1n) is 9.60. The van der Waals surface area contributed by atoms with Gasteiger partial charge in [-0.3, -0.25) is 4.79 Å². The van der Waals surface area contributed by atoms with Crippen LogP contribution in [-0.2, 0) is 4.79 Å². The Morgan fingerprint density at radius 3 is 2.90 bits per heavy atom. The average molecular weight is 453 g/mol. The van der Waals surface area contributed by atoms with Gasteiger partial charge in [-0.2, -0.15) is 4.68 Å². The van der Waals surface area contributed by atoms with Crippen LogP contribution in [0.25, 0.3) is 16.9 Å². The first kappa shape index (κ1) is 21.0. The third-order valence-electron chi connectivity index (χ3n) is 4.23. The van der Waals surface area contributed by atoms with Gasteiger partial charge in [-0.15, -0.1) is 16.4 Å². The minimum atomic E-state index is -0.149. The molecule has 2 heterocycles. The molecule has 0 saturated heterocycles. The third-order valence-corrected chi connectivity index (χ3v) is 5.92. The van der Waals surface area contributed by atoms with Crippen molar-refractivity contribution in [2.45, 2.75) is 19.0 Å². The number of para-hydroxylation sites is 2. The highest BCUT2D eigenvalue weighted by atomic mass is 32.2. The van der Waals surface area contributed by atoms with E-state index in [9.17, 15) is 4.79 Å². The number of hydrogen-bond donors (Lipinski definition) is 1. The molecule has 0 unspecified atom stereocenters. The fourth-order valence-corrected chi connectivity index (χ4v) is 4.22. The lowest BCUT2D eigenvalue weighted by Crippen LogP contribution is -2.14. The maximum absolute atomic E-state index is 12.5. The summed E-state index contributed by atoms with van der Waals surface area (Å²) >= 11 is 2.85. The number of aryl methyl sites for hydroxylation is 1. The minimum Gasteiger partial charge on any atom is -0.492 e. The van der Waals surface area contributed by atoms with Crippen molar-refractivity contribution in [3.63, 3.8) is 0 Å². The number of carbonyl (C=O) groups is 1. The van der Waals surface area contributed by atoms with Gasteiger partial charge in [0, 0.05) is 16.6 Å². The summed E-state index contributed by atoms with van der Waals surface area (Å²) in [6.07, 6.45) is 0. The van der Waals surface area contributed by atoms with Crippen LogP contribution in [-0.4, -0.2) is 43.5 Å². The van der Waals surface area contributed by atoms with Crippen molar-refractivity contribution in [2.24, 2.45) is 0 Å². The molecule has 1 amide bonds. The number of rotatable bonds is 8. The Morgan fingerprint density at radius 2 is 2.10 bits per heavy atom. The van der Waals surface area contributed by atoms with Crippen LogP contribution in [0.4, 0.5) is 5.69 Å². The molecule has 1 N–H and O–H groups in total. The Labute approximate surface area is 187 Å². The fraction of sp³-hybridized carbons (Fsp3) is 0.190. The van der Waals surface area contributed by atoms with Crippen molar-refractivity contribution in [3.8, 4) is 22.7 Å². The zero-order valence-electron chi connectivity index (χ0n) is 17.0. The number of benzene rings is 2. The molecule has 0 radical (unpaired) electrons. The lowest BCUT2D eigenvalue weighted by Gasteiger charge is -2.10. The van der Waals surface area contributed by atoms with Crippen LogP contribution < -0.4 is 10.1 Å². The molecule has 31 heavy (non-hydrogen) atoms. The first-order chi connectivity index (χ1) is 15.1. The molecule has 2 aromatic heterocycles. The van der Waals surface area contributed by atoms with Gasteiger partial charge < -0.3 is 10.1 Å². The van der Waals surface area contributed by atoms with E-state index in [2.05, 4.69) is 25.8 Å². The predicted octanol–water partition coefficient (Wildman–Crippen LogP) is 4.22. The lowest BCUT2D eigenvalue weighted by molar-refractivity contribution is -0.113. The van der Waals surface area contributed by atoms with E-state index in [-0.39, 0.29) is 11.7 Å². The SMILES string of the molecule is CCOc1ccccc1-n1nnnc1SCC(=O)Nc1cccc(-c2csc(C)n2)c1. The summed E-state index contributed by atoms with van der Waals surface area (Å²) in [6, 6.07) is 15.2. The highest BCUT2D eigenvalue weighted by molar-refractivity contribution is 7.99. The van der Waals surface area contributed by atoms with Crippen LogP contribution in [0.1, 0.15) is 11.9 Å². The summed E-state index contributed by atoms with van der Waals surface area (Å²) in [4.78, 5) is 17.0. The van der Waals surface area contributed by atoms with Crippen LogP contribution in [0.5, 0.6) is 5.75 Å². The van der Waals surface area contributed by atoms with Gasteiger partial charge in [0.25, 0.3) is 0 Å². The van der Waals surface area contributed by atoms with Crippen molar-refractivity contribution in [2.75, 3.05) is 17.7 Å². The molecule has 0 saturated carbocycles. The zero-order valence-corrected chi connectivity index (χ0v) is 18.6. The van der Waals surface area contributed by atoms with E-state index in [0.29, 0.717) is 17.5 Å². The second kappa shape index (κ2) is 9.71. The molecular formula is C21H20N6O2S2. The Bertz CT molecular complexity index is 1190. The van der Waals surface area contributed by atoms with Crippen LogP contribution in [0.15, 0.2) is 59.1 Å². The molecule has 0 atom stereocenters. The number of thioether (sulfide) groups is 1. The molecule has 0 aliphatic heterocycles. The molecule has 0 aliphatic rings. The first-order valence-corrected chi connectivity index (χ1v) is 11.5. The number of tetrazole rings is 1. The second-order valence-electron chi connectivity index (χ2n) is 6.44. The number of anilines is 1. The quantitative estimate of drug-likeness (QED) is 0.400. The van der Waals surface area contributed by atoms with Crippen LogP contribution in [0, 0.1) is 6.92 Å². The standard InChI is InChI=1S/C21H20N6O2S2/c1-3-29-19-10-5-4-9-18(19)27-21(24-25-26-27)31-13-20(28)23-16-8-6-7-15(11-16)17-12-30-14(2)22-17/h4-12H,3,13H2,1-2H3,(H,23,28). The summed E-state index contributed by atoms with van der Waals surface area (Å²) in [5.74, 6) is 0.693. The van der Waals surface area contributed by atoms with Gasteiger partial charge in [0.05, 0.1) is 23.1 Å². The summed E-state index contributed by atoms with van der Waals surface area (Å²) in [6.45, 7) is 4.42. The third kappa shape index (κ3) is 5.09. The molecule has 4 aromatic rings. The summed E-state index contributed by atoms with van der Waals surface area (Å²) < 4.78 is 7.24. The lowest BCUT2D eigenvalue weighted by atomic mass is 10.1. The van der Waals surface area contributed by atoms with E-state index in [1.165, 1.54) is 11.8 Å². The van der Waals surface area contributed by atoms with Crippen LogP contribution in [0.2, 0.25) is 0 Å². The number of carbonyl (C=O) groups excluding carboxylic acids is 1. The van der Waals surface area contributed by atoms with Gasteiger partial charge in [0.1, 0.15) is 11.4 Å². The van der Waals surface area contributed by atoms with Gasteiger partial charge >= 0.3 is 0 Å². The van der Waals surface area contributed by atoms with Gasteiger partial charge in [-0.25, -0.2) is 4.98 Å². The number of ether oxygens (including phenoxy) is 1. The molecule has 4 rings (SSSR count). The van der Waals surface area contributed by atoms with Gasteiger partial charge in [0.15, 0.2) is 0 Å². The number of hydrogen-bond acceptors (Lipinski definition) is 8. The van der Waals surface area contributed by atoms with E-state index in [1.807, 2.05) is 67.8 Å². The molecule has 158 valence electrons. The van der Waals surface area contributed by atoms with Crippen molar-refractivity contribution in [1.29, 1.82) is 0 Å². The van der Waals surface area contributed by atoms with E-state index in [4.69, 9.17) is 4.74 Å². The maximum atomic E-state index is 12.5. The Balaban J connectivity index is 1.42. The highest BCUT2D eigenvalue weighted by Crippen LogP contribution is 2.27. The summed E-state index contributed by atoms with van der Waals surface area (Å²) in [5, 5.41) is 18.3. The summed E-state index contributed by atoms with van der Waals surface area (Å²) in [5.41, 5.74) is 3.31. The Kier molecular flexibility index (Phi) is 6.58. The topological polar surface area (TPSA) is 94.8 Å². The van der Waals surface area contributed by atoms with E-state index in [0.717, 1.165) is 27.6 Å².